The molecule has 6 heteroatoms. The number of para-hydroxylation sites is 1. The number of carbonyl (C=O) groups excluding carboxylic acids is 2. The van der Waals surface area contributed by atoms with Gasteiger partial charge in [-0.1, -0.05) is 50.3 Å². The Balaban J connectivity index is 1.74. The largest absolute Gasteiger partial charge is 0.481 e. The second-order valence-electron chi connectivity index (χ2n) is 12.0. The first-order valence-electron chi connectivity index (χ1n) is 14.5. The van der Waals surface area contributed by atoms with E-state index < -0.39 is 11.6 Å². The summed E-state index contributed by atoms with van der Waals surface area (Å²) in [5, 5.41) is 1.21. The summed E-state index contributed by atoms with van der Waals surface area (Å²) in [5.41, 5.74) is 4.61. The lowest BCUT2D eigenvalue weighted by Crippen LogP contribution is -2.23. The lowest BCUT2D eigenvalue weighted by atomic mass is 9.81. The molecule has 208 valence electrons. The number of rotatable bonds is 7. The van der Waals surface area contributed by atoms with Crippen molar-refractivity contribution < 1.29 is 23.8 Å². The van der Waals surface area contributed by atoms with Crippen LogP contribution in [0.3, 0.4) is 0 Å². The Labute approximate surface area is 231 Å². The van der Waals surface area contributed by atoms with Crippen molar-refractivity contribution in [2.45, 2.75) is 96.1 Å². The summed E-state index contributed by atoms with van der Waals surface area (Å²) in [4.78, 5) is 25.1. The van der Waals surface area contributed by atoms with Crippen LogP contribution < -0.4 is 4.74 Å². The number of methoxy groups -OCH3 is 1. The van der Waals surface area contributed by atoms with Crippen molar-refractivity contribution in [1.29, 1.82) is 0 Å². The van der Waals surface area contributed by atoms with E-state index >= 15 is 0 Å². The summed E-state index contributed by atoms with van der Waals surface area (Å²) in [6.07, 6.45) is 10.6. The molecule has 1 heterocycles. The maximum atomic E-state index is 13.1. The van der Waals surface area contributed by atoms with Crippen LogP contribution in [0.1, 0.15) is 106 Å². The Morgan fingerprint density at radius 2 is 1.62 bits per heavy atom. The molecule has 3 aromatic rings. The van der Waals surface area contributed by atoms with Crippen LogP contribution in [-0.4, -0.2) is 35.8 Å². The summed E-state index contributed by atoms with van der Waals surface area (Å²) in [6.45, 7) is 5.55. The molecule has 2 aliphatic rings. The Bertz CT molecular complexity index is 1340. The van der Waals surface area contributed by atoms with Gasteiger partial charge < -0.3 is 18.8 Å². The molecule has 0 aliphatic heterocycles. The van der Waals surface area contributed by atoms with Crippen molar-refractivity contribution in [2.24, 2.45) is 0 Å². The third-order valence-electron chi connectivity index (χ3n) is 8.10. The van der Waals surface area contributed by atoms with E-state index in [0.717, 1.165) is 36.8 Å². The minimum atomic E-state index is -0.562. The molecular formula is C33H41NO5. The maximum Gasteiger partial charge on any atom is 0.343 e. The zero-order chi connectivity index (χ0) is 27.6. The second-order valence-corrected chi connectivity index (χ2v) is 12.0. The van der Waals surface area contributed by atoms with Gasteiger partial charge in [-0.3, -0.25) is 0 Å². The van der Waals surface area contributed by atoms with E-state index in [2.05, 4.69) is 16.7 Å². The monoisotopic (exact) mass is 531 g/mol. The van der Waals surface area contributed by atoms with Gasteiger partial charge in [0.1, 0.15) is 11.4 Å². The number of benzene rings is 2. The van der Waals surface area contributed by atoms with Gasteiger partial charge in [0.05, 0.1) is 18.4 Å². The lowest BCUT2D eigenvalue weighted by molar-refractivity contribution is -0.142. The molecule has 6 nitrogen and oxygen atoms in total. The summed E-state index contributed by atoms with van der Waals surface area (Å²) < 4.78 is 19.1. The van der Waals surface area contributed by atoms with Crippen LogP contribution in [0.4, 0.5) is 0 Å². The average Bonchev–Trinajstić information content (AvgIpc) is 3.57. The molecule has 2 aromatic carbocycles. The number of hydrogen-bond donors (Lipinski definition) is 0. The third kappa shape index (κ3) is 5.85. The Hall–Kier alpha value is -3.28. The van der Waals surface area contributed by atoms with Gasteiger partial charge in [0, 0.05) is 22.5 Å². The molecule has 0 saturated heterocycles. The van der Waals surface area contributed by atoms with Gasteiger partial charge in [0.15, 0.2) is 6.61 Å². The number of ether oxygens (including phenoxy) is 3. The van der Waals surface area contributed by atoms with E-state index in [9.17, 15) is 9.59 Å². The smallest absolute Gasteiger partial charge is 0.343 e. The quantitative estimate of drug-likeness (QED) is 0.289. The molecule has 0 bridgehead atoms. The molecule has 2 fully saturated rings. The number of aromatic nitrogens is 1. The molecule has 0 N–H and O–H groups in total. The fraction of sp³-hybridized carbons (Fsp3) is 0.515. The maximum absolute atomic E-state index is 13.1. The first kappa shape index (κ1) is 27.3. The highest BCUT2D eigenvalue weighted by atomic mass is 16.6. The lowest BCUT2D eigenvalue weighted by Gasteiger charge is -2.25. The molecule has 0 amide bonds. The van der Waals surface area contributed by atoms with Crippen molar-refractivity contribution in [3.05, 3.63) is 53.6 Å². The molecule has 2 saturated carbocycles. The van der Waals surface area contributed by atoms with Crippen LogP contribution in [0.15, 0.2) is 42.5 Å². The van der Waals surface area contributed by atoms with Crippen molar-refractivity contribution in [2.75, 3.05) is 13.7 Å². The van der Waals surface area contributed by atoms with Gasteiger partial charge >= 0.3 is 11.9 Å². The molecule has 2 aliphatic carbocycles. The highest BCUT2D eigenvalue weighted by Gasteiger charge is 2.32. The predicted octanol–water partition coefficient (Wildman–Crippen LogP) is 7.98. The fourth-order valence-corrected chi connectivity index (χ4v) is 6.41. The normalized spacial score (nSPS) is 16.9. The number of hydrogen-bond acceptors (Lipinski definition) is 5. The van der Waals surface area contributed by atoms with Crippen molar-refractivity contribution >= 4 is 22.8 Å². The number of esters is 2. The Morgan fingerprint density at radius 3 is 2.31 bits per heavy atom. The molecule has 1 aromatic heterocycles. The topological polar surface area (TPSA) is 66.8 Å². The molecule has 0 spiro atoms. The van der Waals surface area contributed by atoms with Gasteiger partial charge in [-0.25, -0.2) is 9.59 Å². The number of carbonyl (C=O) groups is 2. The van der Waals surface area contributed by atoms with Crippen LogP contribution in [0, 0.1) is 0 Å². The Morgan fingerprint density at radius 1 is 0.923 bits per heavy atom. The molecule has 0 atom stereocenters. The summed E-state index contributed by atoms with van der Waals surface area (Å²) in [5.74, 6) is 0.399. The van der Waals surface area contributed by atoms with Crippen molar-refractivity contribution in [1.82, 2.24) is 4.57 Å². The zero-order valence-corrected chi connectivity index (χ0v) is 23.8. The number of nitrogens with zero attached hydrogens (tertiary/aromatic N) is 1. The minimum Gasteiger partial charge on any atom is -0.481 e. The zero-order valence-electron chi connectivity index (χ0n) is 23.8. The summed E-state index contributed by atoms with van der Waals surface area (Å²) in [7, 11) is 1.37. The van der Waals surface area contributed by atoms with Gasteiger partial charge in [0.25, 0.3) is 0 Å². The minimum absolute atomic E-state index is 0.140. The van der Waals surface area contributed by atoms with Crippen LogP contribution in [-0.2, 0) is 14.3 Å². The molecule has 39 heavy (non-hydrogen) atoms. The van der Waals surface area contributed by atoms with Crippen LogP contribution in [0.5, 0.6) is 5.75 Å². The van der Waals surface area contributed by atoms with E-state index in [1.807, 2.05) is 51.1 Å². The highest BCUT2D eigenvalue weighted by Crippen LogP contribution is 2.49. The van der Waals surface area contributed by atoms with Crippen LogP contribution >= 0.6 is 0 Å². The van der Waals surface area contributed by atoms with E-state index in [1.54, 1.807) is 0 Å². The third-order valence-corrected chi connectivity index (χ3v) is 8.10. The van der Waals surface area contributed by atoms with E-state index in [0.29, 0.717) is 23.3 Å². The number of fused-ring (bicyclic) bond motifs is 1. The fourth-order valence-electron chi connectivity index (χ4n) is 6.41. The van der Waals surface area contributed by atoms with Gasteiger partial charge in [-0.15, -0.1) is 0 Å². The molecular weight excluding hydrogens is 490 g/mol. The molecule has 5 rings (SSSR count). The standard InChI is InChI=1S/C33H41NO5/c1-33(2,3)39-32(36)23-18-19-25-27(20-23)34(24-14-8-9-15-24)31(30(25)22-12-6-5-7-13-22)26-16-10-11-17-28(26)38-21-29(35)37-4/h10-11,16-20,22,24H,5-9,12-15,21H2,1-4H3. The molecule has 0 unspecified atom stereocenters. The first-order valence-corrected chi connectivity index (χ1v) is 14.5. The Kier molecular flexibility index (Phi) is 8.01. The SMILES string of the molecule is COC(=O)COc1ccccc1-c1c(C2CCCCC2)c2ccc(C(=O)OC(C)(C)C)cc2n1C1CCCC1. The summed E-state index contributed by atoms with van der Waals surface area (Å²) in [6, 6.07) is 14.4. The molecule has 0 radical (unpaired) electrons. The first-order chi connectivity index (χ1) is 18.8. The van der Waals surface area contributed by atoms with Crippen LogP contribution in [0.25, 0.3) is 22.2 Å². The summed E-state index contributed by atoms with van der Waals surface area (Å²) >= 11 is 0. The second kappa shape index (κ2) is 11.4. The highest BCUT2D eigenvalue weighted by molar-refractivity contribution is 5.99. The van der Waals surface area contributed by atoms with Gasteiger partial charge in [-0.05, 0) is 82.2 Å². The van der Waals surface area contributed by atoms with Gasteiger partial charge in [0.2, 0.25) is 0 Å². The van der Waals surface area contributed by atoms with Crippen LogP contribution in [0.2, 0.25) is 0 Å². The van der Waals surface area contributed by atoms with E-state index in [1.165, 1.54) is 55.9 Å². The van der Waals surface area contributed by atoms with Crippen molar-refractivity contribution in [3.63, 3.8) is 0 Å². The van der Waals surface area contributed by atoms with Gasteiger partial charge in [-0.2, -0.15) is 0 Å². The average molecular weight is 532 g/mol. The van der Waals surface area contributed by atoms with Crippen molar-refractivity contribution in [3.8, 4) is 17.0 Å². The van der Waals surface area contributed by atoms with E-state index in [-0.39, 0.29) is 12.6 Å². The van der Waals surface area contributed by atoms with E-state index in [4.69, 9.17) is 14.2 Å². The predicted molar refractivity (Wildman–Crippen MR) is 153 cm³/mol.